The van der Waals surface area contributed by atoms with Crippen LogP contribution in [0.3, 0.4) is 0 Å². The molecule has 2 heterocycles. The molecular weight excluding hydrogens is 470 g/mol. The fraction of sp³-hybridized carbons (Fsp3) is 0.0909. The van der Waals surface area contributed by atoms with Crippen LogP contribution in [0.1, 0.15) is 16.7 Å². The van der Waals surface area contributed by atoms with Crippen molar-refractivity contribution in [2.24, 2.45) is 0 Å². The molecule has 0 aliphatic rings. The summed E-state index contributed by atoms with van der Waals surface area (Å²) in [7, 11) is 0. The van der Waals surface area contributed by atoms with Crippen LogP contribution in [0, 0.1) is 21.7 Å². The summed E-state index contributed by atoms with van der Waals surface area (Å²) in [5, 5.41) is 16.2. The Morgan fingerprint density at radius 2 is 1.81 bits per heavy atom. The monoisotopic (exact) mass is 484 g/mol. The lowest BCUT2D eigenvalue weighted by Gasteiger charge is -2.12. The quantitative estimate of drug-likeness (QED) is 0.202. The molecule has 4 rings (SSSR count). The fourth-order valence-corrected chi connectivity index (χ4v) is 3.81. The Kier molecular flexibility index (Phi) is 5.85. The highest BCUT2D eigenvalue weighted by Gasteiger charge is 2.24. The standard InChI is InChI=1S/C22H15BrF2N4O2/c23-13-15-10-14(11-16-18(24)4-1-5-19(16)25)12-17(22(15)29(30)31)20-6-2-7-21(27-20)28-9-3-8-26-28/h1-10,12H,11,13H2. The van der Waals surface area contributed by atoms with Gasteiger partial charge in [-0.2, -0.15) is 5.10 Å². The van der Waals surface area contributed by atoms with Crippen molar-refractivity contribution in [2.45, 2.75) is 11.8 Å². The molecule has 0 fully saturated rings. The van der Waals surface area contributed by atoms with Crippen molar-refractivity contribution >= 4 is 21.6 Å². The topological polar surface area (TPSA) is 73.8 Å². The smallest absolute Gasteiger partial charge is 0.258 e. The minimum atomic E-state index is -0.668. The van der Waals surface area contributed by atoms with Gasteiger partial charge in [-0.3, -0.25) is 10.1 Å². The first-order valence-corrected chi connectivity index (χ1v) is 10.4. The van der Waals surface area contributed by atoms with Crippen LogP contribution in [0.15, 0.2) is 67.0 Å². The predicted octanol–water partition coefficient (Wildman–Crippen LogP) is 5.61. The van der Waals surface area contributed by atoms with Crippen molar-refractivity contribution < 1.29 is 13.7 Å². The minimum absolute atomic E-state index is 0.0532. The number of nitro groups is 1. The molecule has 4 aromatic rings. The molecular formula is C22H15BrF2N4O2. The maximum atomic E-state index is 14.2. The van der Waals surface area contributed by atoms with Gasteiger partial charge >= 0.3 is 0 Å². The van der Waals surface area contributed by atoms with E-state index in [1.165, 1.54) is 18.2 Å². The van der Waals surface area contributed by atoms with E-state index in [0.717, 1.165) is 0 Å². The normalized spacial score (nSPS) is 10.9. The first kappa shape index (κ1) is 20.8. The molecule has 0 bridgehead atoms. The maximum Gasteiger partial charge on any atom is 0.282 e. The van der Waals surface area contributed by atoms with Crippen molar-refractivity contribution in [2.75, 3.05) is 0 Å². The molecule has 0 N–H and O–H groups in total. The lowest BCUT2D eigenvalue weighted by Crippen LogP contribution is -2.04. The van der Waals surface area contributed by atoms with Crippen LogP contribution in [-0.2, 0) is 11.8 Å². The van der Waals surface area contributed by atoms with Gasteiger partial charge in [0.1, 0.15) is 11.6 Å². The molecule has 9 heteroatoms. The Morgan fingerprint density at radius 3 is 2.45 bits per heavy atom. The van der Waals surface area contributed by atoms with Crippen LogP contribution in [0.25, 0.3) is 17.1 Å². The number of hydrogen-bond donors (Lipinski definition) is 0. The van der Waals surface area contributed by atoms with Crippen molar-refractivity contribution in [1.82, 2.24) is 14.8 Å². The number of hydrogen-bond acceptors (Lipinski definition) is 4. The van der Waals surface area contributed by atoms with Gasteiger partial charge < -0.3 is 0 Å². The molecule has 6 nitrogen and oxygen atoms in total. The first-order valence-electron chi connectivity index (χ1n) is 9.24. The molecule has 0 amide bonds. The molecule has 2 aromatic heterocycles. The summed E-state index contributed by atoms with van der Waals surface area (Å²) in [4.78, 5) is 15.9. The lowest BCUT2D eigenvalue weighted by molar-refractivity contribution is -0.384. The summed E-state index contributed by atoms with van der Waals surface area (Å²) in [6, 6.07) is 13.7. The highest BCUT2D eigenvalue weighted by molar-refractivity contribution is 9.08. The van der Waals surface area contributed by atoms with Gasteiger partial charge in [0, 0.05) is 35.3 Å². The highest BCUT2D eigenvalue weighted by Crippen LogP contribution is 2.36. The zero-order valence-electron chi connectivity index (χ0n) is 16.0. The van der Waals surface area contributed by atoms with Crippen LogP contribution in [0.2, 0.25) is 0 Å². The average molecular weight is 485 g/mol. The van der Waals surface area contributed by atoms with Crippen molar-refractivity contribution in [1.29, 1.82) is 0 Å². The van der Waals surface area contributed by atoms with Gasteiger partial charge in [-0.05, 0) is 48.0 Å². The molecule has 2 aromatic carbocycles. The van der Waals surface area contributed by atoms with Crippen LogP contribution in [0.5, 0.6) is 0 Å². The Hall–Kier alpha value is -3.46. The first-order chi connectivity index (χ1) is 15.0. The summed E-state index contributed by atoms with van der Waals surface area (Å²) in [5.41, 5.74) is 1.34. The van der Waals surface area contributed by atoms with Crippen molar-refractivity contribution in [3.05, 3.63) is 105 Å². The predicted molar refractivity (Wildman–Crippen MR) is 115 cm³/mol. The van der Waals surface area contributed by atoms with E-state index in [4.69, 9.17) is 0 Å². The van der Waals surface area contributed by atoms with E-state index in [-0.39, 0.29) is 28.6 Å². The number of alkyl halides is 1. The highest BCUT2D eigenvalue weighted by atomic mass is 79.9. The molecule has 31 heavy (non-hydrogen) atoms. The van der Waals surface area contributed by atoms with E-state index >= 15 is 0 Å². The molecule has 0 aliphatic carbocycles. The third-order valence-electron chi connectivity index (χ3n) is 4.77. The van der Waals surface area contributed by atoms with E-state index in [1.807, 2.05) is 0 Å². The fourth-order valence-electron chi connectivity index (χ4n) is 3.39. The van der Waals surface area contributed by atoms with Gasteiger partial charge in [-0.15, -0.1) is 0 Å². The van der Waals surface area contributed by atoms with E-state index in [1.54, 1.807) is 53.5 Å². The second-order valence-corrected chi connectivity index (χ2v) is 7.31. The van der Waals surface area contributed by atoms with Gasteiger partial charge in [0.05, 0.1) is 16.2 Å². The van der Waals surface area contributed by atoms with Crippen LogP contribution in [-0.4, -0.2) is 19.7 Å². The van der Waals surface area contributed by atoms with Gasteiger partial charge in [-0.25, -0.2) is 18.4 Å². The third kappa shape index (κ3) is 4.22. The molecule has 0 spiro atoms. The zero-order valence-corrected chi connectivity index (χ0v) is 17.6. The maximum absolute atomic E-state index is 14.2. The second-order valence-electron chi connectivity index (χ2n) is 6.75. The largest absolute Gasteiger partial charge is 0.282 e. The summed E-state index contributed by atoms with van der Waals surface area (Å²) >= 11 is 3.29. The molecule has 0 saturated carbocycles. The Bertz CT molecular complexity index is 1240. The zero-order chi connectivity index (χ0) is 22.0. The van der Waals surface area contributed by atoms with Crippen molar-refractivity contribution in [3.8, 4) is 17.1 Å². The van der Waals surface area contributed by atoms with E-state index < -0.39 is 16.6 Å². The summed E-state index contributed by atoms with van der Waals surface area (Å²) in [5.74, 6) is -0.846. The second kappa shape index (κ2) is 8.73. The van der Waals surface area contributed by atoms with E-state index in [0.29, 0.717) is 22.6 Å². The molecule has 0 unspecified atom stereocenters. The van der Waals surface area contributed by atoms with Gasteiger partial charge in [-0.1, -0.05) is 28.1 Å². The number of rotatable bonds is 6. The third-order valence-corrected chi connectivity index (χ3v) is 5.37. The van der Waals surface area contributed by atoms with Crippen molar-refractivity contribution in [3.63, 3.8) is 0 Å². The Balaban J connectivity index is 1.88. The molecule has 0 radical (unpaired) electrons. The molecule has 156 valence electrons. The number of nitro benzene ring substituents is 1. The SMILES string of the molecule is O=[N+]([O-])c1c(CBr)cc(Cc2c(F)cccc2F)cc1-c1cccc(-n2cccn2)n1. The summed E-state index contributed by atoms with van der Waals surface area (Å²) in [6.45, 7) is 0. The lowest BCUT2D eigenvalue weighted by atomic mass is 9.96. The van der Waals surface area contributed by atoms with Crippen LogP contribution in [0.4, 0.5) is 14.5 Å². The van der Waals surface area contributed by atoms with Gasteiger partial charge in [0.25, 0.3) is 5.69 Å². The number of nitrogens with zero attached hydrogens (tertiary/aromatic N) is 4. The minimum Gasteiger partial charge on any atom is -0.258 e. The van der Waals surface area contributed by atoms with E-state index in [2.05, 4.69) is 26.0 Å². The Labute approximate surface area is 184 Å². The number of benzene rings is 2. The number of aromatic nitrogens is 3. The van der Waals surface area contributed by atoms with Gasteiger partial charge in [0.15, 0.2) is 5.82 Å². The summed E-state index contributed by atoms with van der Waals surface area (Å²) < 4.78 is 29.9. The number of pyridine rings is 1. The van der Waals surface area contributed by atoms with Crippen LogP contribution >= 0.6 is 15.9 Å². The van der Waals surface area contributed by atoms with E-state index in [9.17, 15) is 18.9 Å². The molecule has 0 atom stereocenters. The summed E-state index contributed by atoms with van der Waals surface area (Å²) in [6.07, 6.45) is 3.26. The van der Waals surface area contributed by atoms with Crippen LogP contribution < -0.4 is 0 Å². The number of halogens is 3. The Morgan fingerprint density at radius 1 is 1.06 bits per heavy atom. The molecule has 0 saturated heterocycles. The average Bonchev–Trinajstić information content (AvgIpc) is 3.31. The molecule has 0 aliphatic heterocycles. The van der Waals surface area contributed by atoms with Gasteiger partial charge in [0.2, 0.25) is 0 Å².